The van der Waals surface area contributed by atoms with Crippen LogP contribution in [0.1, 0.15) is 27.7 Å². The third-order valence-electron chi connectivity index (χ3n) is 3.19. The zero-order valence-electron chi connectivity index (χ0n) is 14.3. The van der Waals surface area contributed by atoms with Gasteiger partial charge >= 0.3 is 0 Å². The molecule has 6 heteroatoms. The van der Waals surface area contributed by atoms with E-state index >= 15 is 0 Å². The third kappa shape index (κ3) is 8.67. The van der Waals surface area contributed by atoms with Gasteiger partial charge in [0, 0.05) is 19.6 Å². The third-order valence-corrected chi connectivity index (χ3v) is 3.19. The molecule has 0 bridgehead atoms. The van der Waals surface area contributed by atoms with Gasteiger partial charge in [-0.15, -0.1) is 0 Å². The molecule has 0 saturated heterocycles. The molecule has 0 rings (SSSR count). The molecule has 0 aliphatic rings. The molecular weight excluding hydrogens is 268 g/mol. The minimum absolute atomic E-state index is 0.0133. The second kappa shape index (κ2) is 9.73. The molecule has 0 radical (unpaired) electrons. The van der Waals surface area contributed by atoms with E-state index in [-0.39, 0.29) is 24.3 Å². The average Bonchev–Trinajstić information content (AvgIpc) is 2.38. The Labute approximate surface area is 129 Å². The smallest absolute Gasteiger partial charge is 0.242 e. The highest BCUT2D eigenvalue weighted by atomic mass is 16.2. The van der Waals surface area contributed by atoms with Gasteiger partial charge in [0.15, 0.2) is 0 Å². The quantitative estimate of drug-likeness (QED) is 0.634. The van der Waals surface area contributed by atoms with Gasteiger partial charge in [-0.1, -0.05) is 27.7 Å². The van der Waals surface area contributed by atoms with Crippen molar-refractivity contribution in [2.45, 2.75) is 33.7 Å². The Hall–Kier alpha value is -1.14. The summed E-state index contributed by atoms with van der Waals surface area (Å²) < 4.78 is 0. The number of carbonyl (C=O) groups excluding carboxylic acids is 2. The predicted molar refractivity (Wildman–Crippen MR) is 85.8 cm³/mol. The topological polar surface area (TPSA) is 78.7 Å². The Morgan fingerprint density at radius 2 is 1.67 bits per heavy atom. The standard InChI is InChI=1S/C15H32N4O2/c1-11(2)10-19(8-7-18(5)6)13(20)9-17-15(21)14(16)12(3)4/h11-12,14H,7-10,16H2,1-6H3,(H,17,21)/t14-/m0/s1. The van der Waals surface area contributed by atoms with Gasteiger partial charge in [-0.3, -0.25) is 9.59 Å². The lowest BCUT2D eigenvalue weighted by atomic mass is 10.1. The fraction of sp³-hybridized carbons (Fsp3) is 0.867. The van der Waals surface area contributed by atoms with Crippen LogP contribution in [0.15, 0.2) is 0 Å². The molecule has 0 aromatic carbocycles. The highest BCUT2D eigenvalue weighted by Gasteiger charge is 2.20. The zero-order valence-corrected chi connectivity index (χ0v) is 14.3. The Kier molecular flexibility index (Phi) is 9.21. The second-order valence-electron chi connectivity index (χ2n) is 6.52. The summed E-state index contributed by atoms with van der Waals surface area (Å²) in [6.45, 7) is 10.1. The van der Waals surface area contributed by atoms with Gasteiger partial charge in [0.1, 0.15) is 0 Å². The summed E-state index contributed by atoms with van der Waals surface area (Å²) in [6, 6.07) is -0.571. The number of rotatable bonds is 9. The number of amides is 2. The van der Waals surface area contributed by atoms with Crippen molar-refractivity contribution in [1.29, 1.82) is 0 Å². The Morgan fingerprint density at radius 3 is 2.10 bits per heavy atom. The largest absolute Gasteiger partial charge is 0.346 e. The van der Waals surface area contributed by atoms with Gasteiger partial charge in [0.05, 0.1) is 12.6 Å². The first kappa shape index (κ1) is 19.9. The fourth-order valence-corrected chi connectivity index (χ4v) is 1.77. The normalized spacial score (nSPS) is 12.9. The molecule has 0 fully saturated rings. The van der Waals surface area contributed by atoms with Crippen LogP contribution in [-0.4, -0.2) is 67.9 Å². The van der Waals surface area contributed by atoms with Gasteiger partial charge in [-0.05, 0) is 25.9 Å². The molecule has 0 spiro atoms. The second-order valence-corrected chi connectivity index (χ2v) is 6.52. The Morgan fingerprint density at radius 1 is 1.10 bits per heavy atom. The van der Waals surface area contributed by atoms with Gasteiger partial charge in [0.25, 0.3) is 0 Å². The van der Waals surface area contributed by atoms with E-state index in [0.717, 1.165) is 6.54 Å². The van der Waals surface area contributed by atoms with Crippen LogP contribution < -0.4 is 11.1 Å². The van der Waals surface area contributed by atoms with E-state index < -0.39 is 6.04 Å². The number of hydrogen-bond donors (Lipinski definition) is 2. The van der Waals surface area contributed by atoms with Crippen LogP contribution in [0.2, 0.25) is 0 Å². The van der Waals surface area contributed by atoms with Crippen LogP contribution in [0, 0.1) is 11.8 Å². The average molecular weight is 300 g/mol. The van der Waals surface area contributed by atoms with E-state index in [4.69, 9.17) is 5.73 Å². The van der Waals surface area contributed by atoms with Crippen molar-refractivity contribution in [3.8, 4) is 0 Å². The Balaban J connectivity index is 4.42. The molecule has 0 unspecified atom stereocenters. The molecule has 0 aliphatic heterocycles. The first-order valence-electron chi connectivity index (χ1n) is 7.61. The lowest BCUT2D eigenvalue weighted by Crippen LogP contribution is -2.49. The van der Waals surface area contributed by atoms with E-state index in [1.54, 1.807) is 4.90 Å². The summed E-state index contributed by atoms with van der Waals surface area (Å²) in [5.41, 5.74) is 5.76. The monoisotopic (exact) mass is 300 g/mol. The number of nitrogens with zero attached hydrogens (tertiary/aromatic N) is 2. The van der Waals surface area contributed by atoms with Crippen LogP contribution in [0.25, 0.3) is 0 Å². The summed E-state index contributed by atoms with van der Waals surface area (Å²) in [5, 5.41) is 2.64. The number of nitrogens with one attached hydrogen (secondary N) is 1. The summed E-state index contributed by atoms with van der Waals surface area (Å²) in [5.74, 6) is 0.121. The van der Waals surface area contributed by atoms with E-state index in [1.807, 2.05) is 32.8 Å². The van der Waals surface area contributed by atoms with Crippen molar-refractivity contribution in [1.82, 2.24) is 15.1 Å². The molecule has 0 aromatic rings. The Bertz CT molecular complexity index is 330. The highest BCUT2D eigenvalue weighted by Crippen LogP contribution is 2.01. The van der Waals surface area contributed by atoms with Crippen LogP contribution >= 0.6 is 0 Å². The van der Waals surface area contributed by atoms with Crippen LogP contribution in [0.4, 0.5) is 0 Å². The van der Waals surface area contributed by atoms with Crippen molar-refractivity contribution in [3.63, 3.8) is 0 Å². The van der Waals surface area contributed by atoms with Gasteiger partial charge in [-0.2, -0.15) is 0 Å². The summed E-state index contributed by atoms with van der Waals surface area (Å²) in [7, 11) is 3.95. The van der Waals surface area contributed by atoms with E-state index in [1.165, 1.54) is 0 Å². The lowest BCUT2D eigenvalue weighted by Gasteiger charge is -2.26. The molecule has 1 atom stereocenters. The molecule has 0 heterocycles. The van der Waals surface area contributed by atoms with Gasteiger partial charge in [-0.25, -0.2) is 0 Å². The molecule has 0 aromatic heterocycles. The van der Waals surface area contributed by atoms with Crippen LogP contribution in [-0.2, 0) is 9.59 Å². The maximum absolute atomic E-state index is 12.2. The first-order valence-corrected chi connectivity index (χ1v) is 7.61. The maximum atomic E-state index is 12.2. The molecular formula is C15H32N4O2. The summed E-state index contributed by atoms with van der Waals surface area (Å²) in [4.78, 5) is 27.9. The van der Waals surface area contributed by atoms with Crippen molar-refractivity contribution in [2.24, 2.45) is 17.6 Å². The number of hydrogen-bond acceptors (Lipinski definition) is 4. The van der Waals surface area contributed by atoms with Gasteiger partial charge in [0.2, 0.25) is 11.8 Å². The van der Waals surface area contributed by atoms with Crippen molar-refractivity contribution < 1.29 is 9.59 Å². The van der Waals surface area contributed by atoms with Crippen molar-refractivity contribution >= 4 is 11.8 Å². The van der Waals surface area contributed by atoms with E-state index in [2.05, 4.69) is 19.2 Å². The minimum atomic E-state index is -0.571. The fourth-order valence-electron chi connectivity index (χ4n) is 1.77. The summed E-state index contributed by atoms with van der Waals surface area (Å²) >= 11 is 0. The first-order chi connectivity index (χ1) is 9.65. The molecule has 0 saturated carbocycles. The van der Waals surface area contributed by atoms with E-state index in [0.29, 0.717) is 19.0 Å². The predicted octanol–water partition coefficient (Wildman–Crippen LogP) is 0.132. The molecule has 3 N–H and O–H groups in total. The summed E-state index contributed by atoms with van der Waals surface area (Å²) in [6.07, 6.45) is 0. The zero-order chi connectivity index (χ0) is 16.6. The molecule has 124 valence electrons. The SMILES string of the molecule is CC(C)CN(CCN(C)C)C(=O)CNC(=O)[C@@H](N)C(C)C. The maximum Gasteiger partial charge on any atom is 0.242 e. The molecule has 2 amide bonds. The van der Waals surface area contributed by atoms with Crippen molar-refractivity contribution in [3.05, 3.63) is 0 Å². The van der Waals surface area contributed by atoms with Crippen molar-refractivity contribution in [2.75, 3.05) is 40.3 Å². The highest BCUT2D eigenvalue weighted by molar-refractivity contribution is 5.87. The van der Waals surface area contributed by atoms with E-state index in [9.17, 15) is 9.59 Å². The molecule has 6 nitrogen and oxygen atoms in total. The minimum Gasteiger partial charge on any atom is -0.346 e. The lowest BCUT2D eigenvalue weighted by molar-refractivity contribution is -0.133. The number of likely N-dealkylation sites (N-methyl/N-ethyl adjacent to an activating group) is 1. The molecule has 0 aliphatic carbocycles. The van der Waals surface area contributed by atoms with Crippen LogP contribution in [0.3, 0.4) is 0 Å². The van der Waals surface area contributed by atoms with Gasteiger partial charge < -0.3 is 20.9 Å². The molecule has 21 heavy (non-hydrogen) atoms. The number of nitrogens with two attached hydrogens (primary N) is 1. The number of carbonyl (C=O) groups is 2. The van der Waals surface area contributed by atoms with Crippen LogP contribution in [0.5, 0.6) is 0 Å².